The Morgan fingerprint density at radius 1 is 1.33 bits per heavy atom. The van der Waals surface area contributed by atoms with E-state index in [1.807, 2.05) is 13.8 Å². The fraction of sp³-hybridized carbons (Fsp3) is 0.462. The second-order valence-corrected chi connectivity index (χ2v) is 3.92. The molecule has 0 aliphatic rings. The number of hydrogen-bond acceptors (Lipinski definition) is 5. The molecule has 1 rings (SSSR count). The first kappa shape index (κ1) is 14.2. The van der Waals surface area contributed by atoms with Gasteiger partial charge in [-0.3, -0.25) is 0 Å². The molecule has 0 aliphatic heterocycles. The fourth-order valence-corrected chi connectivity index (χ4v) is 1.39. The van der Waals surface area contributed by atoms with Gasteiger partial charge in [-0.1, -0.05) is 6.92 Å². The molecule has 0 amide bonds. The third-order valence-corrected chi connectivity index (χ3v) is 2.67. The van der Waals surface area contributed by atoms with Gasteiger partial charge < -0.3 is 19.9 Å². The van der Waals surface area contributed by atoms with Crippen molar-refractivity contribution in [3.8, 4) is 11.5 Å². The van der Waals surface area contributed by atoms with Gasteiger partial charge in [0.2, 0.25) is 0 Å². The smallest absolute Gasteiger partial charge is 0.340 e. The molecule has 0 heterocycles. The van der Waals surface area contributed by atoms with Gasteiger partial charge in [0, 0.05) is 6.07 Å². The van der Waals surface area contributed by atoms with Crippen LogP contribution in [0.25, 0.3) is 0 Å². The number of methoxy groups -OCH3 is 2. The lowest BCUT2D eigenvalue weighted by atomic mass is 10.1. The van der Waals surface area contributed by atoms with Gasteiger partial charge in [-0.05, 0) is 19.4 Å². The van der Waals surface area contributed by atoms with E-state index in [1.54, 1.807) is 12.1 Å². The lowest BCUT2D eigenvalue weighted by molar-refractivity contribution is 0.0335. The maximum atomic E-state index is 12.0. The molecule has 1 aromatic rings. The number of esters is 1. The topological polar surface area (TPSA) is 70.8 Å². The molecule has 5 heteroatoms. The normalized spacial score (nSPS) is 11.8. The zero-order valence-electron chi connectivity index (χ0n) is 11.1. The SMILES string of the molecule is CCC(C)OC(=O)c1cc(OC)cc(OC)c1N. The van der Waals surface area contributed by atoms with Crippen molar-refractivity contribution in [1.29, 1.82) is 0 Å². The van der Waals surface area contributed by atoms with Crippen molar-refractivity contribution in [3.63, 3.8) is 0 Å². The number of hydrogen-bond donors (Lipinski definition) is 1. The Labute approximate surface area is 107 Å². The largest absolute Gasteiger partial charge is 0.497 e. The van der Waals surface area contributed by atoms with Gasteiger partial charge in [0.1, 0.15) is 11.5 Å². The second-order valence-electron chi connectivity index (χ2n) is 3.92. The first-order valence-electron chi connectivity index (χ1n) is 5.75. The van der Waals surface area contributed by atoms with E-state index in [-0.39, 0.29) is 17.4 Å². The number of rotatable bonds is 5. The molecule has 18 heavy (non-hydrogen) atoms. The molecule has 0 radical (unpaired) electrons. The standard InChI is InChI=1S/C13H19NO4/c1-5-8(2)18-13(15)10-6-9(16-3)7-11(17-4)12(10)14/h6-8H,5,14H2,1-4H3. The third kappa shape index (κ3) is 3.06. The van der Waals surface area contributed by atoms with Gasteiger partial charge in [-0.25, -0.2) is 4.79 Å². The van der Waals surface area contributed by atoms with Crippen molar-refractivity contribution in [2.24, 2.45) is 0 Å². The number of carbonyl (C=O) groups excluding carboxylic acids is 1. The molecule has 5 nitrogen and oxygen atoms in total. The Morgan fingerprint density at radius 3 is 2.50 bits per heavy atom. The summed E-state index contributed by atoms with van der Waals surface area (Å²) in [4.78, 5) is 12.0. The van der Waals surface area contributed by atoms with Gasteiger partial charge in [0.25, 0.3) is 0 Å². The number of benzene rings is 1. The van der Waals surface area contributed by atoms with Gasteiger partial charge in [-0.15, -0.1) is 0 Å². The van der Waals surface area contributed by atoms with Crippen LogP contribution in [0.5, 0.6) is 11.5 Å². The van der Waals surface area contributed by atoms with Gasteiger partial charge in [0.15, 0.2) is 0 Å². The zero-order valence-corrected chi connectivity index (χ0v) is 11.1. The Morgan fingerprint density at radius 2 is 2.00 bits per heavy atom. The molecule has 0 aromatic heterocycles. The van der Waals surface area contributed by atoms with Crippen LogP contribution in [-0.4, -0.2) is 26.3 Å². The van der Waals surface area contributed by atoms with Crippen molar-refractivity contribution in [2.45, 2.75) is 26.4 Å². The molecule has 0 saturated carbocycles. The average molecular weight is 253 g/mol. The summed E-state index contributed by atoms with van der Waals surface area (Å²) in [5, 5.41) is 0. The molecule has 0 saturated heterocycles. The lowest BCUT2D eigenvalue weighted by Gasteiger charge is -2.14. The number of nitrogen functional groups attached to an aromatic ring is 1. The number of nitrogens with two attached hydrogens (primary N) is 1. The third-order valence-electron chi connectivity index (χ3n) is 2.67. The molecule has 0 fully saturated rings. The molecule has 1 atom stereocenters. The molecular weight excluding hydrogens is 234 g/mol. The minimum Gasteiger partial charge on any atom is -0.497 e. The highest BCUT2D eigenvalue weighted by Gasteiger charge is 2.18. The van der Waals surface area contributed by atoms with E-state index in [0.717, 1.165) is 6.42 Å². The van der Waals surface area contributed by atoms with Crippen molar-refractivity contribution < 1.29 is 19.0 Å². The first-order valence-corrected chi connectivity index (χ1v) is 5.75. The Kier molecular flexibility index (Phi) is 4.83. The predicted molar refractivity (Wildman–Crippen MR) is 69.1 cm³/mol. The summed E-state index contributed by atoms with van der Waals surface area (Å²) in [6, 6.07) is 3.16. The summed E-state index contributed by atoms with van der Waals surface area (Å²) < 4.78 is 15.4. The average Bonchev–Trinajstić information content (AvgIpc) is 2.38. The summed E-state index contributed by atoms with van der Waals surface area (Å²) >= 11 is 0. The minimum atomic E-state index is -0.473. The monoisotopic (exact) mass is 253 g/mol. The Balaban J connectivity index is 3.10. The van der Waals surface area contributed by atoms with E-state index in [2.05, 4.69) is 0 Å². The highest BCUT2D eigenvalue weighted by Crippen LogP contribution is 2.31. The second kappa shape index (κ2) is 6.14. The Hall–Kier alpha value is -1.91. The van der Waals surface area contributed by atoms with Crippen molar-refractivity contribution in [3.05, 3.63) is 17.7 Å². The van der Waals surface area contributed by atoms with Crippen molar-refractivity contribution >= 4 is 11.7 Å². The van der Waals surface area contributed by atoms with Crippen molar-refractivity contribution in [2.75, 3.05) is 20.0 Å². The number of anilines is 1. The molecule has 0 bridgehead atoms. The molecule has 0 aliphatic carbocycles. The predicted octanol–water partition coefficient (Wildman–Crippen LogP) is 2.24. The number of carbonyl (C=O) groups is 1. The van der Waals surface area contributed by atoms with Crippen LogP contribution < -0.4 is 15.2 Å². The molecule has 100 valence electrons. The van der Waals surface area contributed by atoms with Crippen molar-refractivity contribution in [1.82, 2.24) is 0 Å². The molecule has 2 N–H and O–H groups in total. The van der Waals surface area contributed by atoms with Gasteiger partial charge >= 0.3 is 5.97 Å². The van der Waals surface area contributed by atoms with Crippen LogP contribution in [0.15, 0.2) is 12.1 Å². The van der Waals surface area contributed by atoms with Crippen LogP contribution in [0, 0.1) is 0 Å². The van der Waals surface area contributed by atoms with E-state index in [1.165, 1.54) is 14.2 Å². The maximum Gasteiger partial charge on any atom is 0.340 e. The van der Waals surface area contributed by atoms with E-state index in [0.29, 0.717) is 11.5 Å². The Bertz CT molecular complexity index is 431. The molecule has 1 aromatic carbocycles. The zero-order chi connectivity index (χ0) is 13.7. The van der Waals surface area contributed by atoms with E-state index in [9.17, 15) is 4.79 Å². The number of ether oxygens (including phenoxy) is 3. The highest BCUT2D eigenvalue weighted by atomic mass is 16.5. The quantitative estimate of drug-likeness (QED) is 0.643. The highest BCUT2D eigenvalue weighted by molar-refractivity contribution is 5.97. The van der Waals surface area contributed by atoms with Crippen LogP contribution in [0.2, 0.25) is 0 Å². The first-order chi connectivity index (χ1) is 8.53. The van der Waals surface area contributed by atoms with Crippen LogP contribution in [0.4, 0.5) is 5.69 Å². The summed E-state index contributed by atoms with van der Waals surface area (Å²) in [5.74, 6) is 0.418. The summed E-state index contributed by atoms with van der Waals surface area (Å²) in [5.41, 5.74) is 6.37. The van der Waals surface area contributed by atoms with Crippen LogP contribution in [0.3, 0.4) is 0 Å². The summed E-state index contributed by atoms with van der Waals surface area (Å²) in [6.45, 7) is 3.76. The van der Waals surface area contributed by atoms with Crippen LogP contribution in [-0.2, 0) is 4.74 Å². The molecular formula is C13H19NO4. The van der Waals surface area contributed by atoms with E-state index < -0.39 is 5.97 Å². The van der Waals surface area contributed by atoms with Gasteiger partial charge in [-0.2, -0.15) is 0 Å². The fourth-order valence-electron chi connectivity index (χ4n) is 1.39. The lowest BCUT2D eigenvalue weighted by Crippen LogP contribution is -2.16. The minimum absolute atomic E-state index is 0.158. The van der Waals surface area contributed by atoms with E-state index in [4.69, 9.17) is 19.9 Å². The van der Waals surface area contributed by atoms with E-state index >= 15 is 0 Å². The summed E-state index contributed by atoms with van der Waals surface area (Å²) in [6.07, 6.45) is 0.585. The summed E-state index contributed by atoms with van der Waals surface area (Å²) in [7, 11) is 2.99. The van der Waals surface area contributed by atoms with Crippen LogP contribution >= 0.6 is 0 Å². The maximum absolute atomic E-state index is 12.0. The molecule has 1 unspecified atom stereocenters. The van der Waals surface area contributed by atoms with Gasteiger partial charge in [0.05, 0.1) is 31.6 Å². The van der Waals surface area contributed by atoms with Crippen LogP contribution in [0.1, 0.15) is 30.6 Å². The molecule has 0 spiro atoms.